The molecular formula is C21H27IO9. The lowest BCUT2D eigenvalue weighted by molar-refractivity contribution is -0.475. The normalized spacial score (nSPS) is 36.8. The summed E-state index contributed by atoms with van der Waals surface area (Å²) in [4.78, 5) is 0. The zero-order chi connectivity index (χ0) is 22.4. The largest absolute Gasteiger partial charge is 0.464 e. The third kappa shape index (κ3) is 3.92. The molecule has 31 heavy (non-hydrogen) atoms. The third-order valence-corrected chi connectivity index (χ3v) is 7.00. The van der Waals surface area contributed by atoms with Crippen LogP contribution in [-0.2, 0) is 39.8 Å². The van der Waals surface area contributed by atoms with E-state index in [0.29, 0.717) is 11.5 Å². The zero-order valence-electron chi connectivity index (χ0n) is 18.1. The van der Waals surface area contributed by atoms with Crippen molar-refractivity contribution in [3.63, 3.8) is 0 Å². The predicted octanol–water partition coefficient (Wildman–Crippen LogP) is 2.93. The van der Waals surface area contributed by atoms with Gasteiger partial charge in [-0.25, -0.2) is 0 Å². The Morgan fingerprint density at radius 2 is 1.65 bits per heavy atom. The van der Waals surface area contributed by atoms with E-state index in [2.05, 4.69) is 29.2 Å². The van der Waals surface area contributed by atoms with Gasteiger partial charge in [0.25, 0.3) is 0 Å². The highest BCUT2D eigenvalue weighted by Gasteiger charge is 2.62. The van der Waals surface area contributed by atoms with Crippen LogP contribution in [0.1, 0.15) is 19.4 Å². The lowest BCUT2D eigenvalue weighted by atomic mass is 9.96. The lowest BCUT2D eigenvalue weighted by Crippen LogP contribution is -2.71. The Morgan fingerprint density at radius 1 is 1.03 bits per heavy atom. The number of methoxy groups -OCH3 is 3. The molecule has 0 aliphatic carbocycles. The van der Waals surface area contributed by atoms with Crippen molar-refractivity contribution in [2.24, 2.45) is 0 Å². The average molecular weight is 550 g/mol. The van der Waals surface area contributed by atoms with E-state index in [1.165, 1.54) is 21.3 Å². The van der Waals surface area contributed by atoms with Gasteiger partial charge in [-0.15, -0.1) is 0 Å². The number of fused-ring (bicyclic) bond motifs is 2. The molecule has 6 atom stereocenters. The van der Waals surface area contributed by atoms with E-state index in [-0.39, 0.29) is 13.4 Å². The molecular weight excluding hydrogens is 523 g/mol. The van der Waals surface area contributed by atoms with Crippen molar-refractivity contribution in [1.82, 2.24) is 0 Å². The minimum absolute atomic E-state index is 0.213. The molecule has 3 heterocycles. The molecule has 0 spiro atoms. The molecule has 172 valence electrons. The predicted molar refractivity (Wildman–Crippen MR) is 115 cm³/mol. The first-order chi connectivity index (χ1) is 14.7. The molecule has 2 saturated heterocycles. The summed E-state index contributed by atoms with van der Waals surface area (Å²) in [5.41, 5.74) is 0.941. The van der Waals surface area contributed by atoms with Crippen LogP contribution in [-0.4, -0.2) is 64.3 Å². The van der Waals surface area contributed by atoms with Crippen LogP contribution in [0.5, 0.6) is 11.5 Å². The molecule has 0 N–H and O–H groups in total. The highest BCUT2D eigenvalue weighted by molar-refractivity contribution is 14.1. The van der Waals surface area contributed by atoms with E-state index in [9.17, 15) is 0 Å². The summed E-state index contributed by atoms with van der Waals surface area (Å²) in [5.74, 6) is -0.602. The van der Waals surface area contributed by atoms with Gasteiger partial charge in [-0.05, 0) is 54.1 Å². The quantitative estimate of drug-likeness (QED) is 0.497. The summed E-state index contributed by atoms with van der Waals surface area (Å²) < 4.78 is 53.4. The number of halogens is 1. The van der Waals surface area contributed by atoms with Gasteiger partial charge in [0.1, 0.15) is 18.0 Å². The van der Waals surface area contributed by atoms with Crippen molar-refractivity contribution in [2.45, 2.75) is 56.6 Å². The van der Waals surface area contributed by atoms with Gasteiger partial charge >= 0.3 is 0 Å². The topological polar surface area (TPSA) is 83.1 Å². The van der Waals surface area contributed by atoms with Crippen LogP contribution >= 0.6 is 22.6 Å². The van der Waals surface area contributed by atoms with E-state index in [1.54, 1.807) is 13.8 Å². The Balaban J connectivity index is 1.58. The first kappa shape index (κ1) is 23.0. The van der Waals surface area contributed by atoms with E-state index in [1.807, 2.05) is 12.1 Å². The second-order valence-electron chi connectivity index (χ2n) is 7.68. The Hall–Kier alpha value is -1.15. The Kier molecular flexibility index (Phi) is 6.43. The molecule has 0 radical (unpaired) electrons. The molecule has 3 aliphatic heterocycles. The number of benzene rings is 1. The molecule has 0 unspecified atom stereocenters. The van der Waals surface area contributed by atoms with Crippen LogP contribution in [0.4, 0.5) is 0 Å². The van der Waals surface area contributed by atoms with Crippen molar-refractivity contribution in [3.8, 4) is 11.5 Å². The van der Waals surface area contributed by atoms with E-state index < -0.39 is 36.2 Å². The third-order valence-electron chi connectivity index (χ3n) is 5.99. The smallest absolute Gasteiger partial charge is 0.231 e. The number of hydrogen-bond donors (Lipinski definition) is 0. The van der Waals surface area contributed by atoms with Gasteiger partial charge in [-0.2, -0.15) is 0 Å². The van der Waals surface area contributed by atoms with Gasteiger partial charge in [0, 0.05) is 24.9 Å². The van der Waals surface area contributed by atoms with Gasteiger partial charge in [0.2, 0.25) is 24.7 Å². The van der Waals surface area contributed by atoms with Gasteiger partial charge in [0.05, 0.1) is 6.61 Å². The summed E-state index contributed by atoms with van der Waals surface area (Å²) in [6.07, 6.45) is -2.61. The van der Waals surface area contributed by atoms with Crippen molar-refractivity contribution in [1.29, 1.82) is 0 Å². The molecule has 1 aromatic rings. The first-order valence-corrected chi connectivity index (χ1v) is 10.9. The highest BCUT2D eigenvalue weighted by atomic mass is 127. The van der Waals surface area contributed by atoms with Gasteiger partial charge in [-0.1, -0.05) is 6.58 Å². The summed E-state index contributed by atoms with van der Waals surface area (Å²) in [6, 6.07) is 3.83. The molecule has 0 bridgehead atoms. The fourth-order valence-electron chi connectivity index (χ4n) is 3.87. The maximum Gasteiger partial charge on any atom is 0.231 e. The molecule has 10 heteroatoms. The molecule has 0 saturated carbocycles. The fraction of sp³-hybridized carbons (Fsp3) is 0.619. The first-order valence-electron chi connectivity index (χ1n) is 9.79. The molecule has 0 aromatic heterocycles. The van der Waals surface area contributed by atoms with Crippen LogP contribution in [0.15, 0.2) is 24.5 Å². The molecule has 4 rings (SSSR count). The summed E-state index contributed by atoms with van der Waals surface area (Å²) in [5, 5.41) is 0. The molecule has 3 aliphatic rings. The Labute approximate surface area is 194 Å². The summed E-state index contributed by atoms with van der Waals surface area (Å²) >= 11 is 2.24. The van der Waals surface area contributed by atoms with Gasteiger partial charge in [0.15, 0.2) is 17.6 Å². The molecule has 9 nitrogen and oxygen atoms in total. The minimum atomic E-state index is -1.20. The average Bonchev–Trinajstić information content (AvgIpc) is 3.21. The van der Waals surface area contributed by atoms with Crippen LogP contribution in [0.2, 0.25) is 0 Å². The van der Waals surface area contributed by atoms with E-state index in [0.717, 1.165) is 14.9 Å². The van der Waals surface area contributed by atoms with Crippen molar-refractivity contribution in [2.75, 3.05) is 28.1 Å². The van der Waals surface area contributed by atoms with Crippen molar-refractivity contribution >= 4 is 22.6 Å². The van der Waals surface area contributed by atoms with Crippen molar-refractivity contribution in [3.05, 3.63) is 33.6 Å². The Bertz CT molecular complexity index is 848. The van der Waals surface area contributed by atoms with Crippen molar-refractivity contribution < 1.29 is 42.6 Å². The standard InChI is InChI=1S/C21H27IO9/c1-11-16(26-9-12-7-14-15(8-13(12)22)28-10-27-14)17-18(19(23-4)29-11)31-21(3,25-6)20(2,24-5)30-17/h7-8,16-19H,1,9-10H2,2-6H3/t16-,17+,18-,19+,20-,21-/m1/s1. The summed E-state index contributed by atoms with van der Waals surface area (Å²) in [6.45, 7) is 8.01. The molecule has 1 aromatic carbocycles. The minimum Gasteiger partial charge on any atom is -0.464 e. The summed E-state index contributed by atoms with van der Waals surface area (Å²) in [7, 11) is 4.59. The number of hydrogen-bond acceptors (Lipinski definition) is 9. The highest BCUT2D eigenvalue weighted by Crippen LogP contribution is 2.45. The maximum atomic E-state index is 6.38. The second kappa shape index (κ2) is 8.65. The SMILES string of the molecule is C=C1O[C@H](OC)[C@@H]2O[C@@](C)(OC)[C@](C)(OC)O[C@H]2[C@@H]1OCc1cc2c(cc1I)OCO2. The Morgan fingerprint density at radius 3 is 2.26 bits per heavy atom. The van der Waals surface area contributed by atoms with Crippen LogP contribution in [0.3, 0.4) is 0 Å². The van der Waals surface area contributed by atoms with Gasteiger partial charge in [-0.3, -0.25) is 0 Å². The van der Waals surface area contributed by atoms with Crippen LogP contribution in [0.25, 0.3) is 0 Å². The van der Waals surface area contributed by atoms with Gasteiger partial charge < -0.3 is 42.6 Å². The van der Waals surface area contributed by atoms with Crippen LogP contribution < -0.4 is 9.47 Å². The number of ether oxygens (including phenoxy) is 9. The van der Waals surface area contributed by atoms with Crippen LogP contribution in [0, 0.1) is 3.57 Å². The monoisotopic (exact) mass is 550 g/mol. The number of rotatable bonds is 6. The molecule has 0 amide bonds. The molecule has 2 fully saturated rings. The maximum absolute atomic E-state index is 6.38. The zero-order valence-corrected chi connectivity index (χ0v) is 20.3. The van der Waals surface area contributed by atoms with E-state index in [4.69, 9.17) is 42.6 Å². The second-order valence-corrected chi connectivity index (χ2v) is 8.84. The van der Waals surface area contributed by atoms with E-state index >= 15 is 0 Å². The fourth-order valence-corrected chi connectivity index (χ4v) is 4.46. The lowest BCUT2D eigenvalue weighted by Gasteiger charge is -2.55.